The van der Waals surface area contributed by atoms with E-state index in [1.165, 1.54) is 5.56 Å². The second-order valence-corrected chi connectivity index (χ2v) is 8.73. The van der Waals surface area contributed by atoms with Crippen LogP contribution in [0.15, 0.2) is 30.5 Å². The molecule has 1 aromatic heterocycles. The Hall–Kier alpha value is -2.30. The van der Waals surface area contributed by atoms with Gasteiger partial charge in [0.2, 0.25) is 0 Å². The Kier molecular flexibility index (Phi) is 6.42. The number of piperidine rings is 1. The number of nitrogens with zero attached hydrogens (tertiary/aromatic N) is 2. The van der Waals surface area contributed by atoms with E-state index < -0.39 is 0 Å². The van der Waals surface area contributed by atoms with Gasteiger partial charge in [0.25, 0.3) is 0 Å². The van der Waals surface area contributed by atoms with Crippen LogP contribution in [0.5, 0.6) is 0 Å². The number of likely N-dealkylation sites (tertiary alicyclic amines) is 1. The summed E-state index contributed by atoms with van der Waals surface area (Å²) in [5.74, 6) is 1.39. The molecule has 152 valence electrons. The van der Waals surface area contributed by atoms with Crippen molar-refractivity contribution in [2.75, 3.05) is 19.7 Å². The van der Waals surface area contributed by atoms with Crippen LogP contribution in [-0.4, -0.2) is 40.7 Å². The number of rotatable bonds is 5. The molecule has 0 unspecified atom stereocenters. The second kappa shape index (κ2) is 8.80. The van der Waals surface area contributed by atoms with Crippen LogP contribution in [0.3, 0.4) is 0 Å². The van der Waals surface area contributed by atoms with E-state index in [1.807, 2.05) is 11.1 Å². The third-order valence-corrected chi connectivity index (χ3v) is 5.51. The average molecular weight is 384 g/mol. The summed E-state index contributed by atoms with van der Waals surface area (Å²) < 4.78 is 5.32. The SMILES string of the molecule is CCCCOC(=O)N1CCC(c2nc(-c3ccc(C(C)(C)C)cc3)c[nH]2)CC1. The van der Waals surface area contributed by atoms with Gasteiger partial charge in [-0.3, -0.25) is 0 Å². The Bertz CT molecular complexity index is 766. The Balaban J connectivity index is 1.57. The zero-order valence-corrected chi connectivity index (χ0v) is 17.6. The molecule has 1 aliphatic rings. The van der Waals surface area contributed by atoms with Gasteiger partial charge in [-0.15, -0.1) is 0 Å². The minimum absolute atomic E-state index is 0.154. The number of aromatic nitrogens is 2. The maximum absolute atomic E-state index is 12.1. The fourth-order valence-electron chi connectivity index (χ4n) is 3.57. The molecule has 5 nitrogen and oxygen atoms in total. The number of nitrogens with one attached hydrogen (secondary N) is 1. The predicted octanol–water partition coefficient (Wildman–Crippen LogP) is 5.49. The molecule has 0 bridgehead atoms. The van der Waals surface area contributed by atoms with E-state index in [0.717, 1.165) is 55.9 Å². The van der Waals surface area contributed by atoms with Crippen molar-refractivity contribution < 1.29 is 9.53 Å². The van der Waals surface area contributed by atoms with E-state index in [2.05, 4.69) is 56.9 Å². The number of amides is 1. The van der Waals surface area contributed by atoms with Crippen molar-refractivity contribution in [3.05, 3.63) is 41.9 Å². The summed E-state index contributed by atoms with van der Waals surface area (Å²) in [5.41, 5.74) is 3.59. The molecule has 28 heavy (non-hydrogen) atoms. The molecule has 1 N–H and O–H groups in total. The zero-order chi connectivity index (χ0) is 20.1. The first-order chi connectivity index (χ1) is 13.4. The summed E-state index contributed by atoms with van der Waals surface area (Å²) in [7, 11) is 0. The number of ether oxygens (including phenoxy) is 1. The predicted molar refractivity (Wildman–Crippen MR) is 113 cm³/mol. The normalized spacial score (nSPS) is 15.6. The topological polar surface area (TPSA) is 58.2 Å². The highest BCUT2D eigenvalue weighted by Crippen LogP contribution is 2.29. The van der Waals surface area contributed by atoms with E-state index in [0.29, 0.717) is 12.5 Å². The molecular weight excluding hydrogens is 350 g/mol. The summed E-state index contributed by atoms with van der Waals surface area (Å²) in [4.78, 5) is 22.1. The van der Waals surface area contributed by atoms with Crippen LogP contribution in [0, 0.1) is 0 Å². The largest absolute Gasteiger partial charge is 0.449 e. The monoisotopic (exact) mass is 383 g/mol. The van der Waals surface area contributed by atoms with Crippen LogP contribution in [0.25, 0.3) is 11.3 Å². The molecular formula is C23H33N3O2. The quantitative estimate of drug-likeness (QED) is 0.695. The van der Waals surface area contributed by atoms with E-state index in [9.17, 15) is 4.79 Å². The van der Waals surface area contributed by atoms with Crippen molar-refractivity contribution in [3.63, 3.8) is 0 Å². The third-order valence-electron chi connectivity index (χ3n) is 5.51. The highest BCUT2D eigenvalue weighted by atomic mass is 16.6. The van der Waals surface area contributed by atoms with E-state index >= 15 is 0 Å². The summed E-state index contributed by atoms with van der Waals surface area (Å²) in [6.07, 6.45) is 5.61. The number of benzene rings is 1. The van der Waals surface area contributed by atoms with Crippen molar-refractivity contribution in [2.45, 2.75) is 64.7 Å². The van der Waals surface area contributed by atoms with Crippen molar-refractivity contribution in [2.24, 2.45) is 0 Å². The molecule has 5 heteroatoms. The minimum atomic E-state index is -0.175. The number of imidazole rings is 1. The minimum Gasteiger partial charge on any atom is -0.449 e. The van der Waals surface area contributed by atoms with Gasteiger partial charge in [-0.1, -0.05) is 58.4 Å². The standard InChI is InChI=1S/C23H33N3O2/c1-5-6-15-28-22(27)26-13-11-18(12-14-26)21-24-16-20(25-21)17-7-9-19(10-8-17)23(2,3)4/h7-10,16,18H,5-6,11-15H2,1-4H3,(H,24,25). The molecule has 0 atom stereocenters. The maximum atomic E-state index is 12.1. The molecule has 1 saturated heterocycles. The molecule has 1 aromatic carbocycles. The number of unbranched alkanes of at least 4 members (excludes halogenated alkanes) is 1. The lowest BCUT2D eigenvalue weighted by Crippen LogP contribution is -2.38. The molecule has 1 amide bonds. The number of hydrogen-bond donors (Lipinski definition) is 1. The van der Waals surface area contributed by atoms with E-state index in [4.69, 9.17) is 9.72 Å². The second-order valence-electron chi connectivity index (χ2n) is 8.73. The van der Waals surface area contributed by atoms with Gasteiger partial charge in [0.1, 0.15) is 5.82 Å². The van der Waals surface area contributed by atoms with Gasteiger partial charge in [-0.25, -0.2) is 9.78 Å². The Labute approximate surface area is 168 Å². The molecule has 2 heterocycles. The smallest absolute Gasteiger partial charge is 0.409 e. The number of aromatic amines is 1. The lowest BCUT2D eigenvalue weighted by molar-refractivity contribution is 0.0912. The first-order valence-corrected chi connectivity index (χ1v) is 10.5. The lowest BCUT2D eigenvalue weighted by Gasteiger charge is -2.30. The van der Waals surface area contributed by atoms with Crippen molar-refractivity contribution in [1.29, 1.82) is 0 Å². The number of carbonyl (C=O) groups excluding carboxylic acids is 1. The van der Waals surface area contributed by atoms with Crippen LogP contribution in [0.4, 0.5) is 4.79 Å². The van der Waals surface area contributed by atoms with Crippen molar-refractivity contribution >= 4 is 6.09 Å². The van der Waals surface area contributed by atoms with Gasteiger partial charge in [-0.05, 0) is 30.2 Å². The molecule has 3 rings (SSSR count). The lowest BCUT2D eigenvalue weighted by atomic mass is 9.86. The first kappa shape index (κ1) is 20.4. The molecule has 0 radical (unpaired) electrons. The Morgan fingerprint density at radius 2 is 1.89 bits per heavy atom. The van der Waals surface area contributed by atoms with Crippen LogP contribution in [0.2, 0.25) is 0 Å². The van der Waals surface area contributed by atoms with Gasteiger partial charge < -0.3 is 14.6 Å². The summed E-state index contributed by atoms with van der Waals surface area (Å²) in [6.45, 7) is 10.7. The molecule has 1 aliphatic heterocycles. The molecule has 0 saturated carbocycles. The number of H-pyrrole nitrogens is 1. The summed E-state index contributed by atoms with van der Waals surface area (Å²) in [5, 5.41) is 0. The molecule has 2 aromatic rings. The van der Waals surface area contributed by atoms with Crippen LogP contribution in [-0.2, 0) is 10.2 Å². The maximum Gasteiger partial charge on any atom is 0.409 e. The highest BCUT2D eigenvalue weighted by Gasteiger charge is 2.26. The number of hydrogen-bond acceptors (Lipinski definition) is 3. The molecule has 1 fully saturated rings. The average Bonchev–Trinajstić information content (AvgIpc) is 3.18. The third kappa shape index (κ3) is 4.94. The zero-order valence-electron chi connectivity index (χ0n) is 17.6. The van der Waals surface area contributed by atoms with Crippen LogP contribution >= 0.6 is 0 Å². The summed E-state index contributed by atoms with van der Waals surface area (Å²) in [6, 6.07) is 8.67. The van der Waals surface area contributed by atoms with E-state index in [-0.39, 0.29) is 11.5 Å². The molecule has 0 aliphatic carbocycles. The van der Waals surface area contributed by atoms with Gasteiger partial charge in [-0.2, -0.15) is 0 Å². The number of carbonyl (C=O) groups is 1. The fraction of sp³-hybridized carbons (Fsp3) is 0.565. The molecule has 0 spiro atoms. The first-order valence-electron chi connectivity index (χ1n) is 10.5. The van der Waals surface area contributed by atoms with Crippen molar-refractivity contribution in [1.82, 2.24) is 14.9 Å². The van der Waals surface area contributed by atoms with Gasteiger partial charge in [0.05, 0.1) is 12.3 Å². The summed E-state index contributed by atoms with van der Waals surface area (Å²) >= 11 is 0. The van der Waals surface area contributed by atoms with E-state index in [1.54, 1.807) is 0 Å². The fourth-order valence-corrected chi connectivity index (χ4v) is 3.57. The highest BCUT2D eigenvalue weighted by molar-refractivity contribution is 5.67. The van der Waals surface area contributed by atoms with Crippen molar-refractivity contribution in [3.8, 4) is 11.3 Å². The van der Waals surface area contributed by atoms with Gasteiger partial charge in [0.15, 0.2) is 0 Å². The Morgan fingerprint density at radius 1 is 1.21 bits per heavy atom. The van der Waals surface area contributed by atoms with Gasteiger partial charge in [0, 0.05) is 30.8 Å². The van der Waals surface area contributed by atoms with Crippen LogP contribution in [0.1, 0.15) is 70.7 Å². The van der Waals surface area contributed by atoms with Gasteiger partial charge >= 0.3 is 6.09 Å². The Morgan fingerprint density at radius 3 is 2.50 bits per heavy atom. The van der Waals surface area contributed by atoms with Crippen LogP contribution < -0.4 is 0 Å².